The third kappa shape index (κ3) is 4.22. The minimum Gasteiger partial charge on any atom is -0.310 e. The molecule has 42 heavy (non-hydrogen) atoms. The highest BCUT2D eigenvalue weighted by Gasteiger charge is 2.12. The molecule has 8 rings (SSSR count). The van der Waals surface area contributed by atoms with Crippen molar-refractivity contribution in [2.75, 3.05) is 0 Å². The predicted octanol–water partition coefficient (Wildman–Crippen LogP) is 10.6. The Hall–Kier alpha value is -5.60. The van der Waals surface area contributed by atoms with Gasteiger partial charge in [0.15, 0.2) is 0 Å². The summed E-state index contributed by atoms with van der Waals surface area (Å²) in [5, 5.41) is 4.93. The normalized spacial score (nSPS) is 11.7. The average Bonchev–Trinajstić information content (AvgIpc) is 3.62. The molecule has 0 atom stereocenters. The number of nitrogens with zero attached hydrogens (tertiary/aromatic N) is 2. The van der Waals surface area contributed by atoms with E-state index in [1.165, 1.54) is 43.7 Å². The topological polar surface area (TPSA) is 9.86 Å². The van der Waals surface area contributed by atoms with Crippen molar-refractivity contribution in [1.29, 1.82) is 0 Å². The molecule has 0 unspecified atom stereocenters. The van der Waals surface area contributed by atoms with Gasteiger partial charge in [-0.15, -0.1) is 0 Å². The summed E-state index contributed by atoms with van der Waals surface area (Å²) in [5.41, 5.74) is 9.42. The molecule has 198 valence electrons. The molecule has 0 bridgehead atoms. The summed E-state index contributed by atoms with van der Waals surface area (Å²) < 4.78 is 4.71. The molecule has 2 nitrogen and oxygen atoms in total. The number of benzene rings is 6. The first kappa shape index (κ1) is 24.2. The first-order valence-corrected chi connectivity index (χ1v) is 14.4. The second-order valence-corrected chi connectivity index (χ2v) is 10.7. The maximum Gasteiger partial charge on any atom is 0.0534 e. The van der Waals surface area contributed by atoms with Gasteiger partial charge >= 0.3 is 0 Å². The molecule has 0 amide bonds. The van der Waals surface area contributed by atoms with Crippen LogP contribution < -0.4 is 0 Å². The largest absolute Gasteiger partial charge is 0.310 e. The van der Waals surface area contributed by atoms with Gasteiger partial charge in [-0.2, -0.15) is 0 Å². The number of fused-ring (bicyclic) bond motifs is 3. The van der Waals surface area contributed by atoms with Gasteiger partial charge in [-0.1, -0.05) is 109 Å². The Morgan fingerprint density at radius 3 is 1.45 bits per heavy atom. The molecule has 0 aliphatic carbocycles. The predicted molar refractivity (Wildman–Crippen MR) is 178 cm³/mol. The highest BCUT2D eigenvalue weighted by molar-refractivity contribution is 5.91. The molecule has 2 heteroatoms. The van der Waals surface area contributed by atoms with E-state index in [9.17, 15) is 0 Å². The molecule has 0 spiro atoms. The Morgan fingerprint density at radius 1 is 0.333 bits per heavy atom. The van der Waals surface area contributed by atoms with E-state index in [-0.39, 0.29) is 0 Å². The standard InChI is InChI=1S/C40H28N2/c1-2-10-29(11-3-1)31-18-21-35(22-19-31)41-37(27-33-14-6-8-16-39(33)41)24-25-38-28-34-15-7-9-17-40(34)42(38)36-23-20-30-12-4-5-13-32(30)26-36/h1-28H/b25-24-. The smallest absolute Gasteiger partial charge is 0.0534 e. The van der Waals surface area contributed by atoms with Gasteiger partial charge in [-0.25, -0.2) is 0 Å². The lowest BCUT2D eigenvalue weighted by molar-refractivity contribution is 1.10. The molecule has 0 saturated carbocycles. The van der Waals surface area contributed by atoms with Crippen molar-refractivity contribution < 1.29 is 0 Å². The highest BCUT2D eigenvalue weighted by atomic mass is 15.0. The Balaban J connectivity index is 1.26. The van der Waals surface area contributed by atoms with Crippen molar-refractivity contribution in [3.63, 3.8) is 0 Å². The minimum absolute atomic E-state index is 1.14. The van der Waals surface area contributed by atoms with Crippen LogP contribution in [0.15, 0.2) is 158 Å². The molecular weight excluding hydrogens is 508 g/mol. The van der Waals surface area contributed by atoms with E-state index in [1.54, 1.807) is 0 Å². The SMILES string of the molecule is C(=C/c1cc2ccccc2n1-c1ccc2ccccc2c1)/c1cc2ccccc2n1-c1ccc(-c2ccccc2)cc1. The van der Waals surface area contributed by atoms with Crippen LogP contribution in [0.4, 0.5) is 0 Å². The van der Waals surface area contributed by atoms with Gasteiger partial charge in [-0.05, 0) is 82.6 Å². The van der Waals surface area contributed by atoms with Gasteiger partial charge in [0.25, 0.3) is 0 Å². The molecule has 2 heterocycles. The van der Waals surface area contributed by atoms with Crippen LogP contribution in [0.1, 0.15) is 11.4 Å². The first-order chi connectivity index (χ1) is 20.8. The fraction of sp³-hybridized carbons (Fsp3) is 0. The number of hydrogen-bond donors (Lipinski definition) is 0. The number of rotatable bonds is 5. The monoisotopic (exact) mass is 536 g/mol. The van der Waals surface area contributed by atoms with Crippen molar-refractivity contribution in [2.24, 2.45) is 0 Å². The second kappa shape index (κ2) is 10.1. The van der Waals surface area contributed by atoms with Crippen LogP contribution in [0.3, 0.4) is 0 Å². The second-order valence-electron chi connectivity index (χ2n) is 10.7. The van der Waals surface area contributed by atoms with Crippen LogP contribution in [0.5, 0.6) is 0 Å². The zero-order valence-corrected chi connectivity index (χ0v) is 23.1. The summed E-state index contributed by atoms with van der Waals surface area (Å²) in [6, 6.07) is 56.4. The van der Waals surface area contributed by atoms with E-state index in [1.807, 2.05) is 0 Å². The van der Waals surface area contributed by atoms with E-state index in [0.717, 1.165) is 22.8 Å². The maximum absolute atomic E-state index is 2.36. The van der Waals surface area contributed by atoms with Crippen molar-refractivity contribution in [3.8, 4) is 22.5 Å². The molecule has 0 radical (unpaired) electrons. The van der Waals surface area contributed by atoms with E-state index >= 15 is 0 Å². The lowest BCUT2D eigenvalue weighted by Crippen LogP contribution is -1.98. The van der Waals surface area contributed by atoms with Crippen molar-refractivity contribution >= 4 is 44.7 Å². The fourth-order valence-electron chi connectivity index (χ4n) is 6.09. The van der Waals surface area contributed by atoms with E-state index < -0.39 is 0 Å². The molecule has 2 aromatic heterocycles. The third-order valence-corrected chi connectivity index (χ3v) is 8.13. The van der Waals surface area contributed by atoms with Crippen LogP contribution in [-0.4, -0.2) is 9.13 Å². The lowest BCUT2D eigenvalue weighted by atomic mass is 10.1. The zero-order chi connectivity index (χ0) is 27.9. The van der Waals surface area contributed by atoms with Gasteiger partial charge in [0.1, 0.15) is 0 Å². The molecule has 0 fully saturated rings. The van der Waals surface area contributed by atoms with Crippen LogP contribution in [0.2, 0.25) is 0 Å². The highest BCUT2D eigenvalue weighted by Crippen LogP contribution is 2.31. The minimum atomic E-state index is 1.14. The van der Waals surface area contributed by atoms with Crippen molar-refractivity contribution in [3.05, 3.63) is 169 Å². The molecular formula is C40H28N2. The van der Waals surface area contributed by atoms with Crippen molar-refractivity contribution in [1.82, 2.24) is 9.13 Å². The van der Waals surface area contributed by atoms with Crippen LogP contribution >= 0.6 is 0 Å². The number of hydrogen-bond acceptors (Lipinski definition) is 0. The van der Waals surface area contributed by atoms with E-state index in [0.29, 0.717) is 0 Å². The Bertz CT molecular complexity index is 2230. The number of aromatic nitrogens is 2. The quantitative estimate of drug-likeness (QED) is 0.207. The molecule has 0 aliphatic heterocycles. The average molecular weight is 537 g/mol. The van der Waals surface area contributed by atoms with Crippen molar-refractivity contribution in [2.45, 2.75) is 0 Å². The van der Waals surface area contributed by atoms with Crippen LogP contribution in [0, 0.1) is 0 Å². The summed E-state index contributed by atoms with van der Waals surface area (Å²) in [6.07, 6.45) is 4.50. The van der Waals surface area contributed by atoms with Gasteiger partial charge in [0.05, 0.1) is 11.0 Å². The third-order valence-electron chi connectivity index (χ3n) is 8.13. The fourth-order valence-corrected chi connectivity index (χ4v) is 6.09. The summed E-state index contributed by atoms with van der Waals surface area (Å²) in [4.78, 5) is 0. The number of para-hydroxylation sites is 2. The summed E-state index contributed by atoms with van der Waals surface area (Å²) in [5.74, 6) is 0. The Labute approximate surface area is 245 Å². The summed E-state index contributed by atoms with van der Waals surface area (Å²) in [7, 11) is 0. The van der Waals surface area contributed by atoms with Gasteiger partial charge < -0.3 is 9.13 Å². The Morgan fingerprint density at radius 2 is 0.810 bits per heavy atom. The Kier molecular flexibility index (Phi) is 5.82. The zero-order valence-electron chi connectivity index (χ0n) is 23.1. The van der Waals surface area contributed by atoms with Gasteiger partial charge in [0.2, 0.25) is 0 Å². The molecule has 0 aliphatic rings. The van der Waals surface area contributed by atoms with Gasteiger partial charge in [-0.3, -0.25) is 0 Å². The van der Waals surface area contributed by atoms with Gasteiger partial charge in [0, 0.05) is 33.5 Å². The first-order valence-electron chi connectivity index (χ1n) is 14.4. The molecule has 0 saturated heterocycles. The lowest BCUT2D eigenvalue weighted by Gasteiger charge is -2.12. The molecule has 8 aromatic rings. The summed E-state index contributed by atoms with van der Waals surface area (Å²) >= 11 is 0. The summed E-state index contributed by atoms with van der Waals surface area (Å²) in [6.45, 7) is 0. The molecule has 6 aromatic carbocycles. The molecule has 0 N–H and O–H groups in total. The van der Waals surface area contributed by atoms with Crippen LogP contribution in [-0.2, 0) is 0 Å². The van der Waals surface area contributed by atoms with E-state index in [4.69, 9.17) is 0 Å². The maximum atomic E-state index is 2.36. The van der Waals surface area contributed by atoms with E-state index in [2.05, 4.69) is 179 Å². The van der Waals surface area contributed by atoms with Crippen LogP contribution in [0.25, 0.3) is 67.2 Å².